The first kappa shape index (κ1) is 23.1. The lowest BCUT2D eigenvalue weighted by molar-refractivity contribution is -0.152. The van der Waals surface area contributed by atoms with Gasteiger partial charge in [0.1, 0.15) is 6.10 Å². The predicted octanol–water partition coefficient (Wildman–Crippen LogP) is 1.70. The highest BCUT2D eigenvalue weighted by atomic mass is 16.6. The Hall–Kier alpha value is -3.53. The van der Waals surface area contributed by atoms with Crippen LogP contribution in [-0.2, 0) is 19.1 Å². The average molecular weight is 442 g/mol. The molecule has 0 bridgehead atoms. The molecule has 10 nitrogen and oxygen atoms in total. The van der Waals surface area contributed by atoms with Gasteiger partial charge in [-0.05, 0) is 18.6 Å². The molecule has 32 heavy (non-hydrogen) atoms. The van der Waals surface area contributed by atoms with Crippen molar-refractivity contribution in [2.24, 2.45) is 0 Å². The fourth-order valence-corrected chi connectivity index (χ4v) is 3.44. The lowest BCUT2D eigenvalue weighted by Crippen LogP contribution is -2.27. The molecule has 0 spiro atoms. The van der Waals surface area contributed by atoms with Crippen LogP contribution in [0.4, 0.5) is 5.95 Å². The molecule has 170 valence electrons. The minimum absolute atomic E-state index is 0.0230. The van der Waals surface area contributed by atoms with Gasteiger partial charge in [0.2, 0.25) is 11.9 Å². The SMILES string of the molecule is CCC1OC(c2cnc(NC(=O)c3ccccc3)[nH]c2=O)CC1OC(=O)CCC(=O)NC. The molecule has 1 aromatic carbocycles. The molecule has 0 aliphatic carbocycles. The highest BCUT2D eigenvalue weighted by molar-refractivity contribution is 6.03. The highest BCUT2D eigenvalue weighted by Crippen LogP contribution is 2.34. The molecule has 0 saturated carbocycles. The third-order valence-corrected chi connectivity index (χ3v) is 5.16. The molecule has 2 aromatic rings. The number of benzene rings is 1. The summed E-state index contributed by atoms with van der Waals surface area (Å²) in [7, 11) is 1.50. The summed E-state index contributed by atoms with van der Waals surface area (Å²) >= 11 is 0. The molecule has 1 aliphatic rings. The summed E-state index contributed by atoms with van der Waals surface area (Å²) in [5.74, 6) is -1.11. The molecule has 1 aliphatic heterocycles. The van der Waals surface area contributed by atoms with E-state index in [0.29, 0.717) is 18.4 Å². The topological polar surface area (TPSA) is 139 Å². The van der Waals surface area contributed by atoms with Crippen LogP contribution in [0.5, 0.6) is 0 Å². The zero-order valence-electron chi connectivity index (χ0n) is 17.9. The van der Waals surface area contributed by atoms with Crippen molar-refractivity contribution in [2.45, 2.75) is 50.9 Å². The number of esters is 1. The number of nitrogens with one attached hydrogen (secondary N) is 3. The zero-order valence-corrected chi connectivity index (χ0v) is 17.9. The largest absolute Gasteiger partial charge is 0.459 e. The van der Waals surface area contributed by atoms with Gasteiger partial charge in [-0.25, -0.2) is 4.98 Å². The number of carbonyl (C=O) groups excluding carboxylic acids is 3. The molecule has 2 amide bonds. The lowest BCUT2D eigenvalue weighted by Gasteiger charge is -2.17. The molecule has 2 heterocycles. The second kappa shape index (κ2) is 10.7. The minimum Gasteiger partial charge on any atom is -0.459 e. The van der Waals surface area contributed by atoms with Crippen LogP contribution in [0.1, 0.15) is 54.6 Å². The third-order valence-electron chi connectivity index (χ3n) is 5.16. The number of hydrogen-bond acceptors (Lipinski definition) is 7. The monoisotopic (exact) mass is 442 g/mol. The number of ether oxygens (including phenoxy) is 2. The number of hydrogen-bond donors (Lipinski definition) is 3. The Kier molecular flexibility index (Phi) is 7.72. The maximum absolute atomic E-state index is 12.6. The van der Waals surface area contributed by atoms with Crippen molar-refractivity contribution >= 4 is 23.7 Å². The van der Waals surface area contributed by atoms with Crippen LogP contribution in [0, 0.1) is 0 Å². The van der Waals surface area contributed by atoms with Crippen LogP contribution < -0.4 is 16.2 Å². The Morgan fingerprint density at radius 3 is 2.62 bits per heavy atom. The molecule has 3 atom stereocenters. The summed E-state index contributed by atoms with van der Waals surface area (Å²) in [6.07, 6.45) is 0.738. The summed E-state index contributed by atoms with van der Waals surface area (Å²) in [6, 6.07) is 8.56. The highest BCUT2D eigenvalue weighted by Gasteiger charge is 2.38. The van der Waals surface area contributed by atoms with E-state index >= 15 is 0 Å². The van der Waals surface area contributed by atoms with E-state index in [1.54, 1.807) is 30.3 Å². The van der Waals surface area contributed by atoms with Crippen molar-refractivity contribution in [3.05, 3.63) is 58.0 Å². The Balaban J connectivity index is 1.63. The molecule has 1 saturated heterocycles. The fourth-order valence-electron chi connectivity index (χ4n) is 3.44. The first-order valence-corrected chi connectivity index (χ1v) is 10.4. The van der Waals surface area contributed by atoms with Crippen molar-refractivity contribution in [2.75, 3.05) is 12.4 Å². The van der Waals surface area contributed by atoms with Crippen LogP contribution in [0.25, 0.3) is 0 Å². The molecule has 3 unspecified atom stereocenters. The van der Waals surface area contributed by atoms with Gasteiger partial charge in [0.25, 0.3) is 11.5 Å². The molecule has 3 N–H and O–H groups in total. The van der Waals surface area contributed by atoms with E-state index in [1.807, 2.05) is 6.92 Å². The standard InChI is InChI=1S/C22H26N4O6/c1-3-15-17(32-19(28)10-9-18(27)23-2)11-16(31-15)14-12-24-22(26-21(14)30)25-20(29)13-7-5-4-6-8-13/h4-8,12,15-17H,3,9-11H2,1-2H3,(H,23,27)(H2,24,25,26,29,30). The molecule has 1 fully saturated rings. The first-order chi connectivity index (χ1) is 15.4. The predicted molar refractivity (Wildman–Crippen MR) is 115 cm³/mol. The second-order valence-corrected chi connectivity index (χ2v) is 7.35. The number of anilines is 1. The van der Waals surface area contributed by atoms with E-state index < -0.39 is 29.6 Å². The van der Waals surface area contributed by atoms with Crippen molar-refractivity contribution in [1.29, 1.82) is 0 Å². The van der Waals surface area contributed by atoms with E-state index in [4.69, 9.17) is 9.47 Å². The molecule has 3 rings (SSSR count). The van der Waals surface area contributed by atoms with Gasteiger partial charge in [-0.1, -0.05) is 25.1 Å². The van der Waals surface area contributed by atoms with Crippen LogP contribution in [0.3, 0.4) is 0 Å². The maximum Gasteiger partial charge on any atom is 0.306 e. The number of aromatic nitrogens is 2. The molecule has 10 heteroatoms. The van der Waals surface area contributed by atoms with Gasteiger partial charge in [-0.2, -0.15) is 0 Å². The molecule has 1 aromatic heterocycles. The fraction of sp³-hybridized carbons (Fsp3) is 0.409. The molecule has 0 radical (unpaired) electrons. The van der Waals surface area contributed by atoms with E-state index in [-0.39, 0.29) is 36.4 Å². The minimum atomic E-state index is -0.605. The van der Waals surface area contributed by atoms with Gasteiger partial charge in [-0.15, -0.1) is 0 Å². The number of amides is 2. The van der Waals surface area contributed by atoms with Gasteiger partial charge in [0, 0.05) is 31.6 Å². The smallest absolute Gasteiger partial charge is 0.306 e. The van der Waals surface area contributed by atoms with Gasteiger partial charge >= 0.3 is 5.97 Å². The Labute approximate surface area is 184 Å². The first-order valence-electron chi connectivity index (χ1n) is 10.4. The molecular weight excluding hydrogens is 416 g/mol. The summed E-state index contributed by atoms with van der Waals surface area (Å²) in [6.45, 7) is 1.89. The van der Waals surface area contributed by atoms with Crippen LogP contribution in [0.2, 0.25) is 0 Å². The number of rotatable bonds is 8. The number of aromatic amines is 1. The maximum atomic E-state index is 12.6. The quantitative estimate of drug-likeness (QED) is 0.529. The van der Waals surface area contributed by atoms with Crippen molar-refractivity contribution in [3.8, 4) is 0 Å². The van der Waals surface area contributed by atoms with Gasteiger partial charge < -0.3 is 14.8 Å². The van der Waals surface area contributed by atoms with E-state index in [2.05, 4.69) is 20.6 Å². The summed E-state index contributed by atoms with van der Waals surface area (Å²) < 4.78 is 11.4. The third kappa shape index (κ3) is 5.79. The van der Waals surface area contributed by atoms with Gasteiger partial charge in [-0.3, -0.25) is 29.5 Å². The summed E-state index contributed by atoms with van der Waals surface area (Å²) in [4.78, 5) is 54.9. The van der Waals surface area contributed by atoms with Crippen molar-refractivity contribution < 1.29 is 23.9 Å². The van der Waals surface area contributed by atoms with E-state index in [9.17, 15) is 19.2 Å². The Morgan fingerprint density at radius 2 is 1.97 bits per heavy atom. The zero-order chi connectivity index (χ0) is 23.1. The Morgan fingerprint density at radius 1 is 1.22 bits per heavy atom. The summed E-state index contributed by atoms with van der Waals surface area (Å²) in [5, 5.41) is 5.00. The van der Waals surface area contributed by atoms with E-state index in [0.717, 1.165) is 0 Å². The van der Waals surface area contributed by atoms with Gasteiger partial charge in [0.05, 0.1) is 24.2 Å². The van der Waals surface area contributed by atoms with Crippen molar-refractivity contribution in [1.82, 2.24) is 15.3 Å². The number of carbonyl (C=O) groups is 3. The summed E-state index contributed by atoms with van der Waals surface area (Å²) in [5.41, 5.74) is 0.269. The normalized spacial score (nSPS) is 19.9. The van der Waals surface area contributed by atoms with Crippen LogP contribution in [-0.4, -0.2) is 47.0 Å². The lowest BCUT2D eigenvalue weighted by atomic mass is 10.1. The molecular formula is C22H26N4O6. The number of H-pyrrole nitrogens is 1. The van der Waals surface area contributed by atoms with Crippen molar-refractivity contribution in [3.63, 3.8) is 0 Å². The number of nitrogens with zero attached hydrogens (tertiary/aromatic N) is 1. The van der Waals surface area contributed by atoms with Crippen LogP contribution >= 0.6 is 0 Å². The average Bonchev–Trinajstić information content (AvgIpc) is 3.20. The van der Waals surface area contributed by atoms with Gasteiger partial charge in [0.15, 0.2) is 0 Å². The van der Waals surface area contributed by atoms with E-state index in [1.165, 1.54) is 13.2 Å². The Bertz CT molecular complexity index is 1020. The second-order valence-electron chi connectivity index (χ2n) is 7.35. The van der Waals surface area contributed by atoms with Crippen LogP contribution in [0.15, 0.2) is 41.3 Å².